The number of rotatable bonds is 3. The summed E-state index contributed by atoms with van der Waals surface area (Å²) in [5, 5.41) is 4.58. The summed E-state index contributed by atoms with van der Waals surface area (Å²) < 4.78 is 42.4. The number of carbonyl (C=O) groups is 2. The molecule has 2 rings (SSSR count). The van der Waals surface area contributed by atoms with Crippen LogP contribution in [0.15, 0.2) is 48.5 Å². The van der Waals surface area contributed by atoms with E-state index in [9.17, 15) is 22.8 Å². The van der Waals surface area contributed by atoms with E-state index in [0.29, 0.717) is 11.4 Å². The molecule has 5 nitrogen and oxygen atoms in total. The molecule has 0 atom stereocenters. The number of carbonyl (C=O) groups excluding carboxylic acids is 2. The van der Waals surface area contributed by atoms with Crippen molar-refractivity contribution in [3.8, 4) is 5.75 Å². The Morgan fingerprint density at radius 3 is 2.08 bits per heavy atom. The normalized spacial score (nSPS) is 10.8. The summed E-state index contributed by atoms with van der Waals surface area (Å²) in [6.45, 7) is 0. The van der Waals surface area contributed by atoms with Crippen LogP contribution in [0, 0.1) is 0 Å². The number of nitrogens with one attached hydrogen (secondary N) is 2. The van der Waals surface area contributed by atoms with Crippen LogP contribution >= 0.6 is 0 Å². The molecule has 0 aliphatic carbocycles. The number of methoxy groups -OCH3 is 1. The lowest BCUT2D eigenvalue weighted by Crippen LogP contribution is -2.29. The molecular formula is C16H13F3N2O3. The molecule has 2 aromatic rings. The molecule has 0 radical (unpaired) electrons. The smallest absolute Gasteiger partial charge is 0.416 e. The highest BCUT2D eigenvalue weighted by Gasteiger charge is 2.30. The van der Waals surface area contributed by atoms with Gasteiger partial charge in [0.15, 0.2) is 0 Å². The van der Waals surface area contributed by atoms with Crippen molar-refractivity contribution in [2.75, 3.05) is 17.7 Å². The average molecular weight is 338 g/mol. The van der Waals surface area contributed by atoms with E-state index in [2.05, 4.69) is 10.6 Å². The number of anilines is 2. The van der Waals surface area contributed by atoms with Crippen molar-refractivity contribution >= 4 is 23.2 Å². The first-order valence-electron chi connectivity index (χ1n) is 6.74. The van der Waals surface area contributed by atoms with Crippen LogP contribution in [-0.4, -0.2) is 18.9 Å². The molecule has 126 valence electrons. The Kier molecular flexibility index (Phi) is 5.08. The quantitative estimate of drug-likeness (QED) is 0.844. The van der Waals surface area contributed by atoms with Crippen LogP contribution < -0.4 is 15.4 Å². The third-order valence-corrected chi connectivity index (χ3v) is 3.03. The summed E-state index contributed by atoms with van der Waals surface area (Å²) in [5.74, 6) is -1.62. The number of hydrogen-bond acceptors (Lipinski definition) is 3. The molecule has 0 bridgehead atoms. The lowest BCUT2D eigenvalue weighted by molar-refractivity contribution is -0.137. The third-order valence-electron chi connectivity index (χ3n) is 3.03. The summed E-state index contributed by atoms with van der Waals surface area (Å²) in [7, 11) is 1.41. The number of amides is 2. The highest BCUT2D eigenvalue weighted by Crippen LogP contribution is 2.29. The molecule has 24 heavy (non-hydrogen) atoms. The van der Waals surface area contributed by atoms with E-state index in [1.165, 1.54) is 7.11 Å². The van der Waals surface area contributed by atoms with E-state index in [4.69, 9.17) is 4.74 Å². The number of alkyl halides is 3. The van der Waals surface area contributed by atoms with E-state index in [1.807, 2.05) is 0 Å². The standard InChI is InChI=1S/C16H13F3N2O3/c1-24-13-5-3-2-4-12(13)21-15(23)14(22)20-11-8-6-10(7-9-11)16(17,18)19/h2-9H,1H3,(H,20,22)(H,21,23). The molecule has 2 aromatic carbocycles. The van der Waals surface area contributed by atoms with Gasteiger partial charge in [-0.2, -0.15) is 13.2 Å². The zero-order valence-electron chi connectivity index (χ0n) is 12.5. The highest BCUT2D eigenvalue weighted by atomic mass is 19.4. The second-order valence-corrected chi connectivity index (χ2v) is 4.68. The summed E-state index contributed by atoms with van der Waals surface area (Å²) in [6, 6.07) is 10.2. The van der Waals surface area contributed by atoms with E-state index >= 15 is 0 Å². The average Bonchev–Trinajstić information content (AvgIpc) is 2.55. The molecule has 2 N–H and O–H groups in total. The van der Waals surface area contributed by atoms with Crippen LogP contribution in [0.5, 0.6) is 5.75 Å². The molecule has 0 fully saturated rings. The SMILES string of the molecule is COc1ccccc1NC(=O)C(=O)Nc1ccc(C(F)(F)F)cc1. The fraction of sp³-hybridized carbons (Fsp3) is 0.125. The Balaban J connectivity index is 2.03. The predicted molar refractivity (Wildman–Crippen MR) is 81.7 cm³/mol. The van der Waals surface area contributed by atoms with Crippen molar-refractivity contribution in [2.24, 2.45) is 0 Å². The van der Waals surface area contributed by atoms with Gasteiger partial charge in [-0.05, 0) is 36.4 Å². The first-order chi connectivity index (χ1) is 11.3. The highest BCUT2D eigenvalue weighted by molar-refractivity contribution is 6.43. The summed E-state index contributed by atoms with van der Waals surface area (Å²) in [4.78, 5) is 23.7. The fourth-order valence-electron chi connectivity index (χ4n) is 1.86. The van der Waals surface area contributed by atoms with Crippen LogP contribution in [0.25, 0.3) is 0 Å². The van der Waals surface area contributed by atoms with E-state index in [0.717, 1.165) is 24.3 Å². The van der Waals surface area contributed by atoms with Crippen molar-refractivity contribution < 1.29 is 27.5 Å². The Bertz CT molecular complexity index is 743. The van der Waals surface area contributed by atoms with Crippen LogP contribution in [0.4, 0.5) is 24.5 Å². The molecule has 0 heterocycles. The Morgan fingerprint density at radius 2 is 1.50 bits per heavy atom. The van der Waals surface area contributed by atoms with Gasteiger partial charge in [-0.25, -0.2) is 0 Å². The van der Waals surface area contributed by atoms with Gasteiger partial charge in [-0.15, -0.1) is 0 Å². The largest absolute Gasteiger partial charge is 0.495 e. The molecule has 2 amide bonds. The zero-order chi connectivity index (χ0) is 17.7. The molecule has 0 saturated carbocycles. The molecule has 0 unspecified atom stereocenters. The summed E-state index contributed by atoms with van der Waals surface area (Å²) >= 11 is 0. The second kappa shape index (κ2) is 7.03. The maximum Gasteiger partial charge on any atom is 0.416 e. The lowest BCUT2D eigenvalue weighted by atomic mass is 10.2. The Labute approximate surface area is 135 Å². The Morgan fingerprint density at radius 1 is 0.917 bits per heavy atom. The minimum Gasteiger partial charge on any atom is -0.495 e. The number of para-hydroxylation sites is 2. The monoisotopic (exact) mass is 338 g/mol. The first-order valence-corrected chi connectivity index (χ1v) is 6.74. The number of benzene rings is 2. The molecule has 0 aliphatic rings. The number of halogens is 3. The van der Waals surface area contributed by atoms with Gasteiger partial charge in [0.2, 0.25) is 0 Å². The van der Waals surface area contributed by atoms with Crippen LogP contribution in [0.2, 0.25) is 0 Å². The predicted octanol–water partition coefficient (Wildman–Crippen LogP) is 3.29. The van der Waals surface area contributed by atoms with Crippen molar-refractivity contribution in [1.82, 2.24) is 0 Å². The van der Waals surface area contributed by atoms with Crippen molar-refractivity contribution in [3.05, 3.63) is 54.1 Å². The summed E-state index contributed by atoms with van der Waals surface area (Å²) in [5.41, 5.74) is -0.477. The fourth-order valence-corrected chi connectivity index (χ4v) is 1.86. The number of ether oxygens (including phenoxy) is 1. The van der Waals surface area contributed by atoms with Crippen LogP contribution in [-0.2, 0) is 15.8 Å². The van der Waals surface area contributed by atoms with Crippen LogP contribution in [0.3, 0.4) is 0 Å². The van der Waals surface area contributed by atoms with Gasteiger partial charge in [-0.1, -0.05) is 12.1 Å². The van der Waals surface area contributed by atoms with Gasteiger partial charge in [0.25, 0.3) is 0 Å². The molecule has 8 heteroatoms. The molecule has 0 spiro atoms. The Hall–Kier alpha value is -3.03. The molecular weight excluding hydrogens is 325 g/mol. The topological polar surface area (TPSA) is 67.4 Å². The zero-order valence-corrected chi connectivity index (χ0v) is 12.5. The number of hydrogen-bond donors (Lipinski definition) is 2. The van der Waals surface area contributed by atoms with Gasteiger partial charge in [0, 0.05) is 5.69 Å². The van der Waals surface area contributed by atoms with E-state index in [-0.39, 0.29) is 5.69 Å². The first kappa shape index (κ1) is 17.3. The molecule has 0 aromatic heterocycles. The van der Waals surface area contributed by atoms with Gasteiger partial charge >= 0.3 is 18.0 Å². The van der Waals surface area contributed by atoms with Crippen molar-refractivity contribution in [2.45, 2.75) is 6.18 Å². The maximum atomic E-state index is 12.5. The van der Waals surface area contributed by atoms with Gasteiger partial charge in [0.05, 0.1) is 18.4 Å². The molecule has 0 saturated heterocycles. The van der Waals surface area contributed by atoms with Gasteiger partial charge < -0.3 is 15.4 Å². The van der Waals surface area contributed by atoms with Gasteiger partial charge in [-0.3, -0.25) is 9.59 Å². The van der Waals surface area contributed by atoms with E-state index < -0.39 is 23.6 Å². The van der Waals surface area contributed by atoms with E-state index in [1.54, 1.807) is 24.3 Å². The van der Waals surface area contributed by atoms with Crippen molar-refractivity contribution in [3.63, 3.8) is 0 Å². The maximum absolute atomic E-state index is 12.5. The minimum absolute atomic E-state index is 0.0724. The lowest BCUT2D eigenvalue weighted by Gasteiger charge is -2.10. The van der Waals surface area contributed by atoms with Crippen LogP contribution in [0.1, 0.15) is 5.56 Å². The second-order valence-electron chi connectivity index (χ2n) is 4.68. The summed E-state index contributed by atoms with van der Waals surface area (Å²) in [6.07, 6.45) is -4.47. The van der Waals surface area contributed by atoms with Gasteiger partial charge in [0.1, 0.15) is 5.75 Å². The van der Waals surface area contributed by atoms with Crippen molar-refractivity contribution in [1.29, 1.82) is 0 Å². The molecule has 0 aliphatic heterocycles. The minimum atomic E-state index is -4.47. The third kappa shape index (κ3) is 4.25.